The van der Waals surface area contributed by atoms with E-state index >= 15 is 0 Å². The third-order valence-corrected chi connectivity index (χ3v) is 5.90. The van der Waals surface area contributed by atoms with Crippen molar-refractivity contribution in [2.45, 2.75) is 38.3 Å². The number of aliphatic hydroxyl groups excluding tert-OH is 1. The third-order valence-electron chi connectivity index (χ3n) is 5.90. The maximum atomic E-state index is 14.1. The Morgan fingerprint density at radius 3 is 2.23 bits per heavy atom. The monoisotopic (exact) mass is 562 g/mol. The van der Waals surface area contributed by atoms with Crippen LogP contribution in [0.4, 0.5) is 36.4 Å². The standard InChI is InChI=1S/C25H25F7N4O3/c1-3-35(17-6-4-16(26)5-7-17)22(38)12-19-20(25(30,31)32)10-15(24(27,28)29)11-21(19)36-9-8-34(23(36)39)14-18(37)13-33-2/h4-11,18,33,37H,3,12-14H2,1-2H3. The van der Waals surface area contributed by atoms with E-state index in [0.29, 0.717) is 10.6 Å². The zero-order chi connectivity index (χ0) is 29.1. The number of rotatable bonds is 9. The first kappa shape index (κ1) is 29.9. The number of halogens is 7. The normalized spacial score (nSPS) is 13.0. The quantitative estimate of drug-likeness (QED) is 0.387. The summed E-state index contributed by atoms with van der Waals surface area (Å²) >= 11 is 0. The average Bonchev–Trinajstić information content (AvgIpc) is 3.19. The van der Waals surface area contributed by atoms with E-state index in [1.807, 2.05) is 0 Å². The third kappa shape index (κ3) is 6.87. The molecule has 3 rings (SSSR count). The summed E-state index contributed by atoms with van der Waals surface area (Å²) in [5.41, 5.74) is -5.89. The van der Waals surface area contributed by atoms with E-state index in [2.05, 4.69) is 5.32 Å². The molecule has 14 heteroatoms. The summed E-state index contributed by atoms with van der Waals surface area (Å²) in [6, 6.07) is 4.83. The minimum Gasteiger partial charge on any atom is -0.390 e. The molecular formula is C25H25F7N4O3. The van der Waals surface area contributed by atoms with Gasteiger partial charge in [0.1, 0.15) is 5.82 Å². The predicted octanol–water partition coefficient (Wildman–Crippen LogP) is 3.99. The molecular weight excluding hydrogens is 537 g/mol. The zero-order valence-corrected chi connectivity index (χ0v) is 20.8. The Hall–Kier alpha value is -3.65. The summed E-state index contributed by atoms with van der Waals surface area (Å²) in [6.45, 7) is 1.25. The molecule has 0 radical (unpaired) electrons. The number of benzene rings is 2. The van der Waals surface area contributed by atoms with Gasteiger partial charge in [0.05, 0.1) is 35.9 Å². The molecule has 1 unspecified atom stereocenters. The van der Waals surface area contributed by atoms with Crippen LogP contribution in [-0.4, -0.2) is 46.4 Å². The van der Waals surface area contributed by atoms with Crippen molar-refractivity contribution >= 4 is 11.6 Å². The molecule has 0 fully saturated rings. The van der Waals surface area contributed by atoms with Gasteiger partial charge in [-0.05, 0) is 55.9 Å². The highest BCUT2D eigenvalue weighted by molar-refractivity contribution is 5.95. The topological polar surface area (TPSA) is 79.5 Å². The van der Waals surface area contributed by atoms with E-state index in [0.717, 1.165) is 34.0 Å². The van der Waals surface area contributed by atoms with Crippen molar-refractivity contribution < 1.29 is 40.6 Å². The van der Waals surface area contributed by atoms with Gasteiger partial charge in [0.15, 0.2) is 0 Å². The van der Waals surface area contributed by atoms with Crippen LogP contribution in [0, 0.1) is 5.82 Å². The number of nitrogens with zero attached hydrogens (tertiary/aromatic N) is 3. The summed E-state index contributed by atoms with van der Waals surface area (Å²) in [7, 11) is 1.54. The van der Waals surface area contributed by atoms with Crippen molar-refractivity contribution in [3.8, 4) is 5.69 Å². The number of hydrogen-bond acceptors (Lipinski definition) is 4. The number of aliphatic hydroxyl groups is 1. The molecule has 1 heterocycles. The minimum atomic E-state index is -5.31. The van der Waals surface area contributed by atoms with Gasteiger partial charge >= 0.3 is 18.0 Å². The Bertz CT molecular complexity index is 1360. The molecule has 7 nitrogen and oxygen atoms in total. The highest BCUT2D eigenvalue weighted by Crippen LogP contribution is 2.40. The van der Waals surface area contributed by atoms with Gasteiger partial charge in [0.2, 0.25) is 5.91 Å². The highest BCUT2D eigenvalue weighted by atomic mass is 19.4. The second-order valence-electron chi connectivity index (χ2n) is 8.62. The number of aromatic nitrogens is 2. The number of imidazole rings is 1. The molecule has 0 bridgehead atoms. The van der Waals surface area contributed by atoms with Gasteiger partial charge in [-0.1, -0.05) is 0 Å². The lowest BCUT2D eigenvalue weighted by Gasteiger charge is -2.24. The zero-order valence-electron chi connectivity index (χ0n) is 20.8. The van der Waals surface area contributed by atoms with Crippen LogP contribution < -0.4 is 15.9 Å². The molecule has 2 aromatic carbocycles. The Morgan fingerprint density at radius 2 is 1.69 bits per heavy atom. The summed E-state index contributed by atoms with van der Waals surface area (Å²) in [6.07, 6.45) is -10.5. The van der Waals surface area contributed by atoms with Crippen LogP contribution in [0.5, 0.6) is 0 Å². The van der Waals surface area contributed by atoms with Crippen molar-refractivity contribution in [2.75, 3.05) is 25.0 Å². The molecule has 1 aromatic heterocycles. The number of carbonyl (C=O) groups is 1. The highest BCUT2D eigenvalue weighted by Gasteiger charge is 2.40. The summed E-state index contributed by atoms with van der Waals surface area (Å²) < 4.78 is 98.1. The Balaban J connectivity index is 2.21. The Kier molecular flexibility index (Phi) is 8.91. The van der Waals surface area contributed by atoms with Gasteiger partial charge < -0.3 is 15.3 Å². The van der Waals surface area contributed by atoms with Crippen molar-refractivity contribution in [2.24, 2.45) is 0 Å². The maximum absolute atomic E-state index is 14.1. The van der Waals surface area contributed by atoms with Crippen molar-refractivity contribution in [1.29, 1.82) is 0 Å². The molecule has 0 saturated heterocycles. The van der Waals surface area contributed by atoms with Gasteiger partial charge in [0.25, 0.3) is 0 Å². The fraction of sp³-hybridized carbons (Fsp3) is 0.360. The van der Waals surface area contributed by atoms with Crippen molar-refractivity contribution in [3.63, 3.8) is 0 Å². The second-order valence-corrected chi connectivity index (χ2v) is 8.62. The smallest absolute Gasteiger partial charge is 0.390 e. The van der Waals surface area contributed by atoms with Crippen LogP contribution in [0.15, 0.2) is 53.6 Å². The number of likely N-dealkylation sites (N-methyl/N-ethyl adjacent to an activating group) is 2. The van der Waals surface area contributed by atoms with Gasteiger partial charge in [-0.3, -0.25) is 13.9 Å². The van der Waals surface area contributed by atoms with E-state index in [-0.39, 0.29) is 31.4 Å². The van der Waals surface area contributed by atoms with Gasteiger partial charge in [-0.2, -0.15) is 26.3 Å². The second kappa shape index (κ2) is 11.6. The maximum Gasteiger partial charge on any atom is 0.416 e. The Morgan fingerprint density at radius 1 is 1.05 bits per heavy atom. The first-order valence-electron chi connectivity index (χ1n) is 11.6. The van der Waals surface area contributed by atoms with E-state index in [9.17, 15) is 45.4 Å². The summed E-state index contributed by atoms with van der Waals surface area (Å²) in [5, 5.41) is 12.7. The fourth-order valence-corrected chi connectivity index (χ4v) is 4.11. The van der Waals surface area contributed by atoms with Crippen LogP contribution in [-0.2, 0) is 30.1 Å². The average molecular weight is 562 g/mol. The number of nitrogens with one attached hydrogen (secondary N) is 1. The van der Waals surface area contributed by atoms with E-state index in [1.165, 1.54) is 26.1 Å². The summed E-state index contributed by atoms with van der Waals surface area (Å²) in [5.74, 6) is -1.54. The number of alkyl halides is 6. The first-order valence-corrected chi connectivity index (χ1v) is 11.6. The molecule has 39 heavy (non-hydrogen) atoms. The predicted molar refractivity (Wildman–Crippen MR) is 128 cm³/mol. The molecule has 1 atom stereocenters. The van der Waals surface area contributed by atoms with E-state index in [1.54, 1.807) is 0 Å². The van der Waals surface area contributed by atoms with Crippen LogP contribution in [0.1, 0.15) is 23.6 Å². The number of anilines is 1. The number of hydrogen-bond donors (Lipinski definition) is 2. The van der Waals surface area contributed by atoms with Crippen molar-refractivity contribution in [1.82, 2.24) is 14.5 Å². The molecule has 3 aromatic rings. The van der Waals surface area contributed by atoms with Gasteiger partial charge in [0, 0.05) is 31.2 Å². The van der Waals surface area contributed by atoms with E-state index < -0.39 is 64.7 Å². The van der Waals surface area contributed by atoms with Gasteiger partial charge in [-0.25, -0.2) is 9.18 Å². The van der Waals surface area contributed by atoms with E-state index in [4.69, 9.17) is 0 Å². The lowest BCUT2D eigenvalue weighted by Crippen LogP contribution is -2.34. The number of carbonyl (C=O) groups excluding carboxylic acids is 1. The van der Waals surface area contributed by atoms with Gasteiger partial charge in [-0.15, -0.1) is 0 Å². The first-order chi connectivity index (χ1) is 18.2. The molecule has 1 amide bonds. The SMILES string of the molecule is CCN(C(=O)Cc1c(-n2ccn(CC(O)CNC)c2=O)cc(C(F)(F)F)cc1C(F)(F)F)c1ccc(F)cc1. The molecule has 0 spiro atoms. The lowest BCUT2D eigenvalue weighted by atomic mass is 9.97. The number of amides is 1. The molecule has 0 aliphatic rings. The molecule has 2 N–H and O–H groups in total. The van der Waals surface area contributed by atoms with Crippen LogP contribution in [0.25, 0.3) is 5.69 Å². The lowest BCUT2D eigenvalue weighted by molar-refractivity contribution is -0.143. The fourth-order valence-electron chi connectivity index (χ4n) is 4.11. The minimum absolute atomic E-state index is 0.0402. The van der Waals surface area contributed by atoms with Crippen molar-refractivity contribution in [3.05, 3.63) is 81.8 Å². The molecule has 0 aliphatic carbocycles. The van der Waals surface area contributed by atoms with Crippen LogP contribution in [0.2, 0.25) is 0 Å². The molecule has 212 valence electrons. The Labute approximate surface area is 218 Å². The van der Waals surface area contributed by atoms with Crippen LogP contribution >= 0.6 is 0 Å². The molecule has 0 aliphatic heterocycles. The molecule has 0 saturated carbocycles. The largest absolute Gasteiger partial charge is 0.416 e. The summed E-state index contributed by atoms with van der Waals surface area (Å²) in [4.78, 5) is 27.2. The van der Waals surface area contributed by atoms with Crippen LogP contribution in [0.3, 0.4) is 0 Å².